The van der Waals surface area contributed by atoms with E-state index in [1.165, 1.54) is 17.0 Å². The molecule has 5 rings (SSSR count). The average Bonchev–Trinajstić information content (AvgIpc) is 3.76. The van der Waals surface area contributed by atoms with Gasteiger partial charge in [0.2, 0.25) is 0 Å². The summed E-state index contributed by atoms with van der Waals surface area (Å²) in [5.74, 6) is -2.20. The third kappa shape index (κ3) is 5.72. The van der Waals surface area contributed by atoms with Crippen molar-refractivity contribution in [2.45, 2.75) is 30.7 Å². The van der Waals surface area contributed by atoms with Crippen LogP contribution in [-0.4, -0.2) is 74.1 Å². The number of carboxylic acid groups (broad SMARTS) is 1. The fourth-order valence-electron chi connectivity index (χ4n) is 4.81. The predicted molar refractivity (Wildman–Crippen MR) is 153 cm³/mol. The molecule has 0 amide bonds. The maximum Gasteiger partial charge on any atom is 0.337 e. The Hall–Kier alpha value is -3.19. The van der Waals surface area contributed by atoms with Gasteiger partial charge in [-0.15, -0.1) is 0 Å². The van der Waals surface area contributed by atoms with Crippen LogP contribution in [0.3, 0.4) is 0 Å². The molecule has 1 saturated carbocycles. The second kappa shape index (κ2) is 11.5. The SMILES string of the molecule is N=C(C1=C(Cl)C(O)C(O)C=C1Cl)/C(COc1ccc(C2(O)CN(c3ncc(C(=O)O)cc3F)C2)c(Cl)c1)=C(\O)C1CC1. The van der Waals surface area contributed by atoms with Gasteiger partial charge in [-0.2, -0.15) is 0 Å². The fraction of sp³-hybridized carbons (Fsp3) is 0.321. The summed E-state index contributed by atoms with van der Waals surface area (Å²) in [6, 6.07) is 5.39. The topological polar surface area (TPSA) is 167 Å². The number of carboxylic acids is 1. The molecule has 2 aromatic rings. The number of ether oxygens (including phenoxy) is 1. The molecule has 2 aliphatic carbocycles. The van der Waals surface area contributed by atoms with Crippen molar-refractivity contribution in [2.24, 2.45) is 5.92 Å². The van der Waals surface area contributed by atoms with E-state index in [1.807, 2.05) is 0 Å². The van der Waals surface area contributed by atoms with Crippen molar-refractivity contribution in [3.63, 3.8) is 0 Å². The average molecular weight is 641 g/mol. The third-order valence-electron chi connectivity index (χ3n) is 7.30. The van der Waals surface area contributed by atoms with Gasteiger partial charge < -0.3 is 35.2 Å². The first-order valence-corrected chi connectivity index (χ1v) is 13.9. The van der Waals surface area contributed by atoms with Gasteiger partial charge in [-0.05, 0) is 37.1 Å². The number of allylic oxidation sites excluding steroid dienone is 3. The van der Waals surface area contributed by atoms with Crippen LogP contribution in [0.5, 0.6) is 5.75 Å². The minimum absolute atomic E-state index is 0.0319. The molecular formula is C28H25Cl3FN3O7. The van der Waals surface area contributed by atoms with Crippen LogP contribution in [0.1, 0.15) is 28.8 Å². The van der Waals surface area contributed by atoms with E-state index in [-0.39, 0.29) is 80.4 Å². The van der Waals surface area contributed by atoms with Crippen molar-refractivity contribution < 1.29 is 39.5 Å². The monoisotopic (exact) mass is 639 g/mol. The number of hydrogen-bond donors (Lipinski definition) is 6. The van der Waals surface area contributed by atoms with Gasteiger partial charge in [0.15, 0.2) is 11.6 Å². The Balaban J connectivity index is 1.31. The third-order valence-corrected chi connectivity index (χ3v) is 8.34. The zero-order chi connectivity index (χ0) is 30.5. The summed E-state index contributed by atoms with van der Waals surface area (Å²) in [5.41, 5.74) is -1.58. The van der Waals surface area contributed by atoms with Crippen molar-refractivity contribution in [3.05, 3.63) is 85.5 Å². The molecule has 0 radical (unpaired) electrons. The number of aliphatic hydroxyl groups excluding tert-OH is 3. The molecule has 3 aliphatic rings. The van der Waals surface area contributed by atoms with Gasteiger partial charge in [-0.3, -0.25) is 5.41 Å². The Bertz CT molecular complexity index is 1570. The molecule has 2 fully saturated rings. The van der Waals surface area contributed by atoms with E-state index in [9.17, 15) is 29.6 Å². The molecule has 2 unspecified atom stereocenters. The van der Waals surface area contributed by atoms with Crippen LogP contribution in [-0.2, 0) is 5.60 Å². The zero-order valence-electron chi connectivity index (χ0n) is 21.7. The number of aliphatic hydroxyl groups is 4. The summed E-state index contributed by atoms with van der Waals surface area (Å²) in [7, 11) is 0. The van der Waals surface area contributed by atoms with Gasteiger partial charge in [0.1, 0.15) is 35.9 Å². The van der Waals surface area contributed by atoms with Crippen LogP contribution >= 0.6 is 34.8 Å². The normalized spacial score (nSPS) is 22.3. The van der Waals surface area contributed by atoms with Gasteiger partial charge in [-0.1, -0.05) is 40.9 Å². The van der Waals surface area contributed by atoms with Crippen molar-refractivity contribution >= 4 is 52.3 Å². The number of pyridine rings is 1. The zero-order valence-corrected chi connectivity index (χ0v) is 24.0. The second-order valence-electron chi connectivity index (χ2n) is 10.3. The summed E-state index contributed by atoms with van der Waals surface area (Å²) >= 11 is 18.9. The molecule has 6 N–H and O–H groups in total. The Morgan fingerprint density at radius 3 is 2.45 bits per heavy atom. The summed E-state index contributed by atoms with van der Waals surface area (Å²) in [5, 5.41) is 59.6. The second-order valence-corrected chi connectivity index (χ2v) is 11.6. The first-order chi connectivity index (χ1) is 19.8. The lowest BCUT2D eigenvalue weighted by Gasteiger charge is -2.47. The van der Waals surface area contributed by atoms with Crippen molar-refractivity contribution in [3.8, 4) is 5.75 Å². The highest BCUT2D eigenvalue weighted by Crippen LogP contribution is 2.41. The lowest BCUT2D eigenvalue weighted by Crippen LogP contribution is -2.60. The molecule has 1 aromatic heterocycles. The molecule has 0 spiro atoms. The van der Waals surface area contributed by atoms with Crippen molar-refractivity contribution in [2.75, 3.05) is 24.6 Å². The molecule has 2 heterocycles. The summed E-state index contributed by atoms with van der Waals surface area (Å²) in [6.45, 7) is -0.372. The lowest BCUT2D eigenvalue weighted by molar-refractivity contribution is 0.00670. The van der Waals surface area contributed by atoms with Gasteiger partial charge in [0, 0.05) is 28.3 Å². The van der Waals surface area contributed by atoms with Gasteiger partial charge in [-0.25, -0.2) is 14.2 Å². The first kappa shape index (κ1) is 30.3. The van der Waals surface area contributed by atoms with Gasteiger partial charge in [0.25, 0.3) is 0 Å². The van der Waals surface area contributed by atoms with Crippen molar-refractivity contribution in [1.82, 2.24) is 4.98 Å². The maximum absolute atomic E-state index is 14.4. The van der Waals surface area contributed by atoms with E-state index in [0.717, 1.165) is 31.2 Å². The van der Waals surface area contributed by atoms with E-state index in [4.69, 9.17) is 50.1 Å². The number of benzene rings is 1. The van der Waals surface area contributed by atoms with E-state index >= 15 is 0 Å². The maximum atomic E-state index is 14.4. The number of aromatic carboxylic acids is 1. The highest BCUT2D eigenvalue weighted by Gasteiger charge is 2.45. The number of carbonyl (C=O) groups is 1. The van der Waals surface area contributed by atoms with Gasteiger partial charge >= 0.3 is 5.97 Å². The molecule has 1 aromatic carbocycles. The Morgan fingerprint density at radius 1 is 1.17 bits per heavy atom. The number of halogens is 4. The van der Waals surface area contributed by atoms with E-state index in [0.29, 0.717) is 5.56 Å². The molecule has 1 saturated heterocycles. The number of rotatable bonds is 9. The summed E-state index contributed by atoms with van der Waals surface area (Å²) in [6.07, 6.45) is 0.822. The van der Waals surface area contributed by atoms with E-state index in [1.54, 1.807) is 6.07 Å². The molecule has 10 nitrogen and oxygen atoms in total. The molecule has 222 valence electrons. The molecule has 1 aliphatic heterocycles. The van der Waals surface area contributed by atoms with Crippen LogP contribution in [0.4, 0.5) is 10.2 Å². The standard InChI is InChI=1S/C28H25Cl3FN3O7/c29-17-6-14(3-4-16(17)28(41)10-35(11-28)26-19(32)5-13(8-34-26)27(39)40)42-9-15(24(37)12-1-2-12)23(33)21-18(30)7-20(36)25(38)22(21)31/h3-8,12,20,25,33,36-38,41H,1-2,9-11H2,(H,39,40)/b24-15-,33-23?. The highest BCUT2D eigenvalue weighted by molar-refractivity contribution is 6.42. The quantitative estimate of drug-likeness (QED) is 0.173. The smallest absolute Gasteiger partial charge is 0.337 e. The van der Waals surface area contributed by atoms with Crippen LogP contribution in [0.15, 0.2) is 63.5 Å². The largest absolute Gasteiger partial charge is 0.512 e. The number of hydrogen-bond acceptors (Lipinski definition) is 9. The minimum Gasteiger partial charge on any atom is -0.512 e. The Labute approximate surface area is 254 Å². The molecule has 0 bridgehead atoms. The fourth-order valence-corrected chi connectivity index (χ4v) is 5.85. The minimum atomic E-state index is -1.48. The van der Waals surface area contributed by atoms with E-state index in [2.05, 4.69) is 4.98 Å². The lowest BCUT2D eigenvalue weighted by atomic mass is 9.86. The van der Waals surface area contributed by atoms with Crippen molar-refractivity contribution in [1.29, 1.82) is 5.41 Å². The van der Waals surface area contributed by atoms with E-state index < -0.39 is 29.6 Å². The Morgan fingerprint density at radius 2 is 1.86 bits per heavy atom. The highest BCUT2D eigenvalue weighted by atomic mass is 35.5. The molecule has 2 atom stereocenters. The molecule has 14 heteroatoms. The van der Waals surface area contributed by atoms with Gasteiger partial charge in [0.05, 0.1) is 40.0 Å². The number of β-amino-alcohol motifs (C(OH)–C–C–N with tert-alkyl or cyclic N) is 1. The number of nitrogens with one attached hydrogen (secondary N) is 1. The first-order valence-electron chi connectivity index (χ1n) is 12.7. The van der Waals surface area contributed by atoms with Crippen LogP contribution < -0.4 is 9.64 Å². The number of anilines is 1. The van der Waals surface area contributed by atoms with Crippen LogP contribution in [0.25, 0.3) is 0 Å². The number of aromatic nitrogens is 1. The molecule has 42 heavy (non-hydrogen) atoms. The Kier molecular flexibility index (Phi) is 8.27. The summed E-state index contributed by atoms with van der Waals surface area (Å²) in [4.78, 5) is 16.4. The molecular weight excluding hydrogens is 616 g/mol. The summed E-state index contributed by atoms with van der Waals surface area (Å²) < 4.78 is 20.3. The van der Waals surface area contributed by atoms with Crippen LogP contribution in [0, 0.1) is 17.1 Å². The van der Waals surface area contributed by atoms with Crippen LogP contribution in [0.2, 0.25) is 5.02 Å². The number of nitrogens with zero attached hydrogens (tertiary/aromatic N) is 2. The predicted octanol–water partition coefficient (Wildman–Crippen LogP) is 4.25.